The first-order valence-electron chi connectivity index (χ1n) is 5.99. The van der Waals surface area contributed by atoms with E-state index in [1.807, 2.05) is 0 Å². The average molecular weight is 304 g/mol. The first-order chi connectivity index (χ1) is 9.54. The first kappa shape index (κ1) is 16.8. The van der Waals surface area contributed by atoms with Gasteiger partial charge in [-0.2, -0.15) is 13.2 Å². The summed E-state index contributed by atoms with van der Waals surface area (Å²) in [4.78, 5) is 23.2. The number of carbonyl (C=O) groups excluding carboxylic acids is 1. The molecular formula is C13H15F3N2O3. The van der Waals surface area contributed by atoms with Crippen molar-refractivity contribution in [3.8, 4) is 0 Å². The molecule has 1 aromatic carbocycles. The fourth-order valence-corrected chi connectivity index (χ4v) is 1.81. The molecule has 1 unspecified atom stereocenters. The van der Waals surface area contributed by atoms with Crippen LogP contribution >= 0.6 is 0 Å². The third kappa shape index (κ3) is 4.11. The fraction of sp³-hybridized carbons (Fsp3) is 0.385. The molecule has 0 radical (unpaired) electrons. The second kappa shape index (κ2) is 6.02. The van der Waals surface area contributed by atoms with Crippen LogP contribution in [0.1, 0.15) is 22.8 Å². The Morgan fingerprint density at radius 1 is 1.38 bits per heavy atom. The molecule has 0 aromatic heterocycles. The van der Waals surface area contributed by atoms with Crippen LogP contribution in [-0.4, -0.2) is 30.6 Å². The highest BCUT2D eigenvalue weighted by Gasteiger charge is 2.35. The normalized spacial score (nSPS) is 12.8. The van der Waals surface area contributed by atoms with Crippen LogP contribution in [0.4, 0.5) is 18.9 Å². The zero-order valence-electron chi connectivity index (χ0n) is 11.4. The standard InChI is InChI=1S/C13H15F3N2O3/c1-7(12(20)21)6-18(2)8-3-4-9(11(17)19)10(5-8)13(14,15)16/h3-5,7H,6H2,1-2H3,(H2,17,19)(H,20,21). The van der Waals surface area contributed by atoms with Gasteiger partial charge in [0.15, 0.2) is 0 Å². The molecule has 21 heavy (non-hydrogen) atoms. The number of nitrogens with two attached hydrogens (primary N) is 1. The molecule has 0 heterocycles. The van der Waals surface area contributed by atoms with Crippen molar-refractivity contribution in [2.24, 2.45) is 11.7 Å². The van der Waals surface area contributed by atoms with Crippen LogP contribution in [0.25, 0.3) is 0 Å². The van der Waals surface area contributed by atoms with Gasteiger partial charge in [-0.25, -0.2) is 0 Å². The van der Waals surface area contributed by atoms with E-state index in [-0.39, 0.29) is 12.2 Å². The molecule has 0 fully saturated rings. The van der Waals surface area contributed by atoms with E-state index < -0.39 is 35.1 Å². The molecule has 0 aliphatic carbocycles. The number of amides is 1. The molecule has 0 saturated carbocycles. The molecule has 8 heteroatoms. The topological polar surface area (TPSA) is 83.6 Å². The summed E-state index contributed by atoms with van der Waals surface area (Å²) in [6.45, 7) is 1.48. The van der Waals surface area contributed by atoms with E-state index in [0.717, 1.165) is 12.1 Å². The second-order valence-electron chi connectivity index (χ2n) is 4.71. The lowest BCUT2D eigenvalue weighted by atomic mass is 10.0. The summed E-state index contributed by atoms with van der Waals surface area (Å²) in [5, 5.41) is 8.81. The van der Waals surface area contributed by atoms with Crippen LogP contribution < -0.4 is 10.6 Å². The SMILES string of the molecule is CC(CN(C)c1ccc(C(N)=O)c(C(F)(F)F)c1)C(=O)O. The van der Waals surface area contributed by atoms with Crippen LogP contribution in [0.3, 0.4) is 0 Å². The highest BCUT2D eigenvalue weighted by molar-refractivity contribution is 5.95. The van der Waals surface area contributed by atoms with Crippen LogP contribution in [-0.2, 0) is 11.0 Å². The Morgan fingerprint density at radius 2 is 1.95 bits per heavy atom. The number of rotatable bonds is 5. The maximum Gasteiger partial charge on any atom is 0.417 e. The van der Waals surface area contributed by atoms with E-state index in [2.05, 4.69) is 0 Å². The lowest BCUT2D eigenvalue weighted by Crippen LogP contribution is -2.29. The fourth-order valence-electron chi connectivity index (χ4n) is 1.81. The Morgan fingerprint density at radius 3 is 2.38 bits per heavy atom. The minimum absolute atomic E-state index is 0.0303. The summed E-state index contributed by atoms with van der Waals surface area (Å²) in [5.41, 5.74) is 3.32. The maximum absolute atomic E-state index is 12.9. The average Bonchev–Trinajstić information content (AvgIpc) is 2.36. The highest BCUT2D eigenvalue weighted by atomic mass is 19.4. The van der Waals surface area contributed by atoms with E-state index in [1.165, 1.54) is 24.9 Å². The summed E-state index contributed by atoms with van der Waals surface area (Å²) in [6.07, 6.45) is -4.72. The van der Waals surface area contributed by atoms with Gasteiger partial charge in [0, 0.05) is 19.3 Å². The van der Waals surface area contributed by atoms with Crippen molar-refractivity contribution in [3.05, 3.63) is 29.3 Å². The molecule has 1 amide bonds. The Bertz CT molecular complexity index is 558. The van der Waals surface area contributed by atoms with Crippen molar-refractivity contribution >= 4 is 17.6 Å². The van der Waals surface area contributed by atoms with Gasteiger partial charge in [0.25, 0.3) is 0 Å². The quantitative estimate of drug-likeness (QED) is 0.871. The van der Waals surface area contributed by atoms with Gasteiger partial charge in [-0.05, 0) is 18.2 Å². The van der Waals surface area contributed by atoms with E-state index in [0.29, 0.717) is 0 Å². The van der Waals surface area contributed by atoms with E-state index >= 15 is 0 Å². The van der Waals surface area contributed by atoms with E-state index in [9.17, 15) is 22.8 Å². The lowest BCUT2D eigenvalue weighted by molar-refractivity contribution is -0.141. The lowest BCUT2D eigenvalue weighted by Gasteiger charge is -2.23. The molecular weight excluding hydrogens is 289 g/mol. The summed E-state index contributed by atoms with van der Waals surface area (Å²) in [6, 6.07) is 3.07. The van der Waals surface area contributed by atoms with Gasteiger partial charge in [-0.1, -0.05) is 6.92 Å². The molecule has 0 aliphatic heterocycles. The second-order valence-corrected chi connectivity index (χ2v) is 4.71. The summed E-state index contributed by atoms with van der Waals surface area (Å²) in [5.74, 6) is -2.97. The Hall–Kier alpha value is -2.25. The Labute approximate surface area is 119 Å². The van der Waals surface area contributed by atoms with Gasteiger partial charge in [-0.3, -0.25) is 9.59 Å². The number of alkyl halides is 3. The van der Waals surface area contributed by atoms with Crippen LogP contribution in [0, 0.1) is 5.92 Å². The van der Waals surface area contributed by atoms with Crippen LogP contribution in [0.5, 0.6) is 0 Å². The molecule has 3 N–H and O–H groups in total. The molecule has 0 saturated heterocycles. The number of aliphatic carboxylic acids is 1. The molecule has 5 nitrogen and oxygen atoms in total. The Kier molecular flexibility index (Phi) is 4.82. The highest BCUT2D eigenvalue weighted by Crippen LogP contribution is 2.34. The van der Waals surface area contributed by atoms with Crippen LogP contribution in [0.2, 0.25) is 0 Å². The number of carboxylic acid groups (broad SMARTS) is 1. The van der Waals surface area contributed by atoms with Crippen molar-refractivity contribution < 1.29 is 27.9 Å². The van der Waals surface area contributed by atoms with Crippen molar-refractivity contribution in [1.82, 2.24) is 0 Å². The van der Waals surface area contributed by atoms with Gasteiger partial charge < -0.3 is 15.7 Å². The van der Waals surface area contributed by atoms with Gasteiger partial charge in [0.2, 0.25) is 5.91 Å². The summed E-state index contributed by atoms with van der Waals surface area (Å²) < 4.78 is 38.8. The van der Waals surface area contributed by atoms with Crippen molar-refractivity contribution in [3.63, 3.8) is 0 Å². The number of carboxylic acids is 1. The number of nitrogens with zero attached hydrogens (tertiary/aromatic N) is 1. The Balaban J connectivity index is 3.16. The third-order valence-corrected chi connectivity index (χ3v) is 2.98. The number of hydrogen-bond donors (Lipinski definition) is 2. The third-order valence-electron chi connectivity index (χ3n) is 2.98. The molecule has 0 aliphatic rings. The first-order valence-corrected chi connectivity index (χ1v) is 5.99. The van der Waals surface area contributed by atoms with Gasteiger partial charge in [0.1, 0.15) is 0 Å². The maximum atomic E-state index is 12.9. The number of hydrogen-bond acceptors (Lipinski definition) is 3. The largest absolute Gasteiger partial charge is 0.481 e. The molecule has 1 atom stereocenters. The minimum Gasteiger partial charge on any atom is -0.481 e. The zero-order valence-corrected chi connectivity index (χ0v) is 11.4. The molecule has 116 valence electrons. The van der Waals surface area contributed by atoms with Gasteiger partial charge in [-0.15, -0.1) is 0 Å². The predicted molar refractivity (Wildman–Crippen MR) is 70.0 cm³/mol. The minimum atomic E-state index is -4.72. The summed E-state index contributed by atoms with van der Waals surface area (Å²) >= 11 is 0. The molecule has 0 spiro atoms. The van der Waals surface area contributed by atoms with Crippen molar-refractivity contribution in [2.45, 2.75) is 13.1 Å². The van der Waals surface area contributed by atoms with Crippen molar-refractivity contribution in [2.75, 3.05) is 18.5 Å². The number of carbonyl (C=O) groups is 2. The molecule has 1 rings (SSSR count). The van der Waals surface area contributed by atoms with Crippen molar-refractivity contribution in [1.29, 1.82) is 0 Å². The van der Waals surface area contributed by atoms with E-state index in [4.69, 9.17) is 10.8 Å². The number of primary amides is 1. The number of benzene rings is 1. The predicted octanol–water partition coefficient (Wildman–Crippen LogP) is 1.96. The smallest absolute Gasteiger partial charge is 0.417 e. The van der Waals surface area contributed by atoms with Crippen LogP contribution in [0.15, 0.2) is 18.2 Å². The zero-order chi connectivity index (χ0) is 16.4. The van der Waals surface area contributed by atoms with Gasteiger partial charge >= 0.3 is 12.1 Å². The number of halogens is 3. The van der Waals surface area contributed by atoms with Gasteiger partial charge in [0.05, 0.1) is 17.0 Å². The molecule has 1 aromatic rings. The monoisotopic (exact) mass is 304 g/mol. The number of anilines is 1. The van der Waals surface area contributed by atoms with E-state index in [1.54, 1.807) is 0 Å². The molecule has 0 bridgehead atoms. The summed E-state index contributed by atoms with van der Waals surface area (Å²) in [7, 11) is 1.47.